The summed E-state index contributed by atoms with van der Waals surface area (Å²) < 4.78 is 2.08. The van der Waals surface area contributed by atoms with E-state index in [1.807, 2.05) is 6.92 Å². The largest absolute Gasteiger partial charge is 0.368 e. The Morgan fingerprint density at radius 3 is 3.06 bits per heavy atom. The van der Waals surface area contributed by atoms with E-state index in [-0.39, 0.29) is 5.56 Å². The fourth-order valence-corrected chi connectivity index (χ4v) is 2.55. The molecular weight excluding hydrogens is 284 g/mol. The number of hydrogen-bond donors (Lipinski definition) is 1. The number of halogens is 1. The normalized spacial score (nSPS) is 16.9. The second-order valence-corrected chi connectivity index (χ2v) is 4.85. The van der Waals surface area contributed by atoms with Gasteiger partial charge in [-0.1, -0.05) is 0 Å². The van der Waals surface area contributed by atoms with E-state index in [4.69, 9.17) is 0 Å². The summed E-state index contributed by atoms with van der Waals surface area (Å²) in [4.78, 5) is 14.2. The van der Waals surface area contributed by atoms with Crippen LogP contribution in [0.4, 0.5) is 5.69 Å². The number of nitrogens with zero attached hydrogens (tertiary/aromatic N) is 3. The maximum Gasteiger partial charge on any atom is 0.283 e. The molecule has 94 valence electrons. The molecule has 2 heterocycles. The van der Waals surface area contributed by atoms with Crippen LogP contribution in [0.5, 0.6) is 0 Å². The first-order chi connectivity index (χ1) is 8.24. The first kappa shape index (κ1) is 12.6. The van der Waals surface area contributed by atoms with Crippen LogP contribution in [0.2, 0.25) is 0 Å². The van der Waals surface area contributed by atoms with Gasteiger partial charge < -0.3 is 10.2 Å². The van der Waals surface area contributed by atoms with E-state index in [9.17, 15) is 4.79 Å². The van der Waals surface area contributed by atoms with E-state index < -0.39 is 0 Å². The molecule has 0 spiro atoms. The average molecular weight is 301 g/mol. The van der Waals surface area contributed by atoms with E-state index in [0.717, 1.165) is 38.3 Å². The summed E-state index contributed by atoms with van der Waals surface area (Å²) >= 11 is 3.40. The predicted molar refractivity (Wildman–Crippen MR) is 71.6 cm³/mol. The molecule has 1 aromatic rings. The lowest BCUT2D eigenvalue weighted by molar-refractivity contribution is 0.609. The first-order valence-corrected chi connectivity index (χ1v) is 6.74. The van der Waals surface area contributed by atoms with Gasteiger partial charge >= 0.3 is 0 Å². The smallest absolute Gasteiger partial charge is 0.283 e. The topological polar surface area (TPSA) is 50.2 Å². The summed E-state index contributed by atoms with van der Waals surface area (Å²) in [7, 11) is 0. The van der Waals surface area contributed by atoms with E-state index in [0.29, 0.717) is 11.0 Å². The monoisotopic (exact) mass is 300 g/mol. The van der Waals surface area contributed by atoms with Gasteiger partial charge in [-0.2, -0.15) is 5.10 Å². The zero-order chi connectivity index (χ0) is 12.3. The standard InChI is InChI=1S/C11H17BrN4O/c1-2-16-11(17)10(12)9(8-14-16)15-6-3-4-13-5-7-15/h8,13H,2-7H2,1H3. The SMILES string of the molecule is CCn1ncc(N2CCCNCC2)c(Br)c1=O. The van der Waals surface area contributed by atoms with E-state index in [2.05, 4.69) is 31.2 Å². The van der Waals surface area contributed by atoms with Crippen LogP contribution in [0.15, 0.2) is 15.5 Å². The number of aryl methyl sites for hydroxylation is 1. The predicted octanol–water partition coefficient (Wildman–Crippen LogP) is 0.825. The van der Waals surface area contributed by atoms with Crippen molar-refractivity contribution in [2.45, 2.75) is 19.9 Å². The van der Waals surface area contributed by atoms with Crippen LogP contribution in [0.3, 0.4) is 0 Å². The minimum Gasteiger partial charge on any atom is -0.368 e. The highest BCUT2D eigenvalue weighted by molar-refractivity contribution is 9.10. The maximum absolute atomic E-state index is 12.0. The molecule has 0 aromatic carbocycles. The van der Waals surface area contributed by atoms with Crippen LogP contribution < -0.4 is 15.8 Å². The zero-order valence-electron chi connectivity index (χ0n) is 9.95. The fraction of sp³-hybridized carbons (Fsp3) is 0.636. The van der Waals surface area contributed by atoms with Crippen molar-refractivity contribution >= 4 is 21.6 Å². The summed E-state index contributed by atoms with van der Waals surface area (Å²) in [6.07, 6.45) is 2.86. The Bertz CT molecular complexity index is 438. The Balaban J connectivity index is 2.31. The molecule has 0 bridgehead atoms. The maximum atomic E-state index is 12.0. The molecule has 0 radical (unpaired) electrons. The Kier molecular flexibility index (Phi) is 4.17. The third-order valence-corrected chi connectivity index (χ3v) is 3.69. The molecule has 0 saturated carbocycles. The fourth-order valence-electron chi connectivity index (χ4n) is 1.99. The molecule has 0 unspecified atom stereocenters. The third-order valence-electron chi connectivity index (χ3n) is 2.95. The minimum atomic E-state index is -0.0535. The summed E-state index contributed by atoms with van der Waals surface area (Å²) in [5, 5.41) is 7.52. The highest BCUT2D eigenvalue weighted by Gasteiger charge is 2.15. The lowest BCUT2D eigenvalue weighted by Crippen LogP contribution is -2.31. The van der Waals surface area contributed by atoms with Crippen molar-refractivity contribution in [2.24, 2.45) is 0 Å². The molecule has 1 fully saturated rings. The molecule has 6 heteroatoms. The van der Waals surface area contributed by atoms with Crippen molar-refractivity contribution in [1.29, 1.82) is 0 Å². The first-order valence-electron chi connectivity index (χ1n) is 5.95. The van der Waals surface area contributed by atoms with Gasteiger partial charge in [0.2, 0.25) is 0 Å². The van der Waals surface area contributed by atoms with Crippen LogP contribution in [0.1, 0.15) is 13.3 Å². The van der Waals surface area contributed by atoms with E-state index in [1.165, 1.54) is 4.68 Å². The average Bonchev–Trinajstić information content (AvgIpc) is 2.61. The van der Waals surface area contributed by atoms with Gasteiger partial charge in [0.25, 0.3) is 5.56 Å². The minimum absolute atomic E-state index is 0.0535. The van der Waals surface area contributed by atoms with Gasteiger partial charge in [-0.15, -0.1) is 0 Å². The van der Waals surface area contributed by atoms with Crippen LogP contribution >= 0.6 is 15.9 Å². The number of hydrogen-bond acceptors (Lipinski definition) is 4. The molecule has 17 heavy (non-hydrogen) atoms. The van der Waals surface area contributed by atoms with Crippen molar-refractivity contribution in [2.75, 3.05) is 31.1 Å². The molecule has 1 saturated heterocycles. The van der Waals surface area contributed by atoms with Crippen molar-refractivity contribution in [3.63, 3.8) is 0 Å². The van der Waals surface area contributed by atoms with Crippen LogP contribution in [0, 0.1) is 0 Å². The molecule has 1 aromatic heterocycles. The van der Waals surface area contributed by atoms with Gasteiger partial charge in [0.15, 0.2) is 0 Å². The van der Waals surface area contributed by atoms with Gasteiger partial charge in [-0.3, -0.25) is 4.79 Å². The molecule has 1 aliphatic rings. The summed E-state index contributed by atoms with van der Waals surface area (Å²) in [5.41, 5.74) is 0.852. The third kappa shape index (κ3) is 2.69. The zero-order valence-corrected chi connectivity index (χ0v) is 11.5. The van der Waals surface area contributed by atoms with Crippen molar-refractivity contribution < 1.29 is 0 Å². The quantitative estimate of drug-likeness (QED) is 0.879. The van der Waals surface area contributed by atoms with E-state index >= 15 is 0 Å². The van der Waals surface area contributed by atoms with Gasteiger partial charge in [0.05, 0.1) is 11.9 Å². The molecule has 1 N–H and O–H groups in total. The Hall–Kier alpha value is -0.880. The van der Waals surface area contributed by atoms with Crippen molar-refractivity contribution in [3.05, 3.63) is 21.0 Å². The van der Waals surface area contributed by atoms with Crippen molar-refractivity contribution in [3.8, 4) is 0 Å². The van der Waals surface area contributed by atoms with Crippen LogP contribution in [-0.2, 0) is 6.54 Å². The van der Waals surface area contributed by atoms with Gasteiger partial charge in [-0.25, -0.2) is 4.68 Å². The lowest BCUT2D eigenvalue weighted by atomic mass is 10.3. The number of anilines is 1. The Labute approximate surface area is 109 Å². The number of nitrogens with one attached hydrogen (secondary N) is 1. The Morgan fingerprint density at radius 2 is 2.29 bits per heavy atom. The summed E-state index contributed by atoms with van der Waals surface area (Å²) in [6.45, 7) is 6.37. The molecule has 0 aliphatic carbocycles. The highest BCUT2D eigenvalue weighted by atomic mass is 79.9. The molecule has 0 amide bonds. The number of aromatic nitrogens is 2. The summed E-state index contributed by atoms with van der Waals surface area (Å²) in [6, 6.07) is 0. The number of rotatable bonds is 2. The second-order valence-electron chi connectivity index (χ2n) is 4.06. The molecule has 1 aliphatic heterocycles. The lowest BCUT2D eigenvalue weighted by Gasteiger charge is -2.23. The molecular formula is C11H17BrN4O. The van der Waals surface area contributed by atoms with Gasteiger partial charge in [0, 0.05) is 26.2 Å². The molecule has 5 nitrogen and oxygen atoms in total. The summed E-state index contributed by atoms with van der Waals surface area (Å²) in [5.74, 6) is 0. The van der Waals surface area contributed by atoms with E-state index in [1.54, 1.807) is 6.20 Å². The molecule has 2 rings (SSSR count). The highest BCUT2D eigenvalue weighted by Crippen LogP contribution is 2.21. The van der Waals surface area contributed by atoms with Crippen molar-refractivity contribution in [1.82, 2.24) is 15.1 Å². The van der Waals surface area contributed by atoms with Crippen LogP contribution in [-0.4, -0.2) is 36.0 Å². The van der Waals surface area contributed by atoms with Crippen LogP contribution in [0.25, 0.3) is 0 Å². The molecule has 0 atom stereocenters. The second kappa shape index (κ2) is 5.64. The van der Waals surface area contributed by atoms with Gasteiger partial charge in [-0.05, 0) is 35.8 Å². The Morgan fingerprint density at radius 1 is 1.47 bits per heavy atom. The van der Waals surface area contributed by atoms with Gasteiger partial charge in [0.1, 0.15) is 4.47 Å².